The zero-order chi connectivity index (χ0) is 19.8. The van der Waals surface area contributed by atoms with E-state index in [0.717, 1.165) is 21.9 Å². The van der Waals surface area contributed by atoms with E-state index in [9.17, 15) is 8.42 Å². The first-order valence-electron chi connectivity index (χ1n) is 9.16. The molecule has 1 aliphatic rings. The highest BCUT2D eigenvalue weighted by Crippen LogP contribution is 2.52. The molecular formula is C22H17N3O2S2. The van der Waals surface area contributed by atoms with Gasteiger partial charge in [-0.3, -0.25) is 0 Å². The van der Waals surface area contributed by atoms with Crippen LogP contribution in [0.1, 0.15) is 22.4 Å². The lowest BCUT2D eigenvalue weighted by Gasteiger charge is -2.22. The number of aromatic nitrogens is 2. The van der Waals surface area contributed by atoms with Crippen molar-refractivity contribution in [1.82, 2.24) is 14.7 Å². The maximum Gasteiger partial charge on any atom is 0.241 e. The Morgan fingerprint density at radius 2 is 1.48 bits per heavy atom. The number of hydrogen-bond donors (Lipinski definition) is 1. The van der Waals surface area contributed by atoms with Crippen molar-refractivity contribution >= 4 is 32.6 Å². The van der Waals surface area contributed by atoms with Crippen LogP contribution in [-0.4, -0.2) is 18.4 Å². The van der Waals surface area contributed by atoms with Crippen molar-refractivity contribution in [2.45, 2.75) is 21.3 Å². The van der Waals surface area contributed by atoms with Crippen molar-refractivity contribution in [3.63, 3.8) is 0 Å². The number of nitrogens with zero attached hydrogens (tertiary/aromatic N) is 2. The Labute approximate surface area is 173 Å². The highest BCUT2D eigenvalue weighted by atomic mass is 32.2. The topological polar surface area (TPSA) is 72.0 Å². The van der Waals surface area contributed by atoms with Gasteiger partial charge in [0.2, 0.25) is 10.0 Å². The fourth-order valence-electron chi connectivity index (χ4n) is 3.79. The van der Waals surface area contributed by atoms with Gasteiger partial charge in [0.25, 0.3) is 0 Å². The monoisotopic (exact) mass is 419 g/mol. The summed E-state index contributed by atoms with van der Waals surface area (Å²) in [5.74, 6) is 0. The minimum Gasteiger partial charge on any atom is -0.231 e. The maximum absolute atomic E-state index is 13.1. The molecule has 5 nitrogen and oxygen atoms in total. The van der Waals surface area contributed by atoms with E-state index < -0.39 is 16.1 Å². The summed E-state index contributed by atoms with van der Waals surface area (Å²) in [6.45, 7) is 0. The average molecular weight is 420 g/mol. The van der Waals surface area contributed by atoms with Crippen LogP contribution in [0.3, 0.4) is 0 Å². The molecule has 7 heteroatoms. The van der Waals surface area contributed by atoms with Crippen LogP contribution in [0.5, 0.6) is 0 Å². The molecule has 1 heterocycles. The normalized spacial score (nSPS) is 18.2. The van der Waals surface area contributed by atoms with Crippen LogP contribution in [0.25, 0.3) is 10.8 Å². The summed E-state index contributed by atoms with van der Waals surface area (Å²) in [6, 6.07) is 21.9. The van der Waals surface area contributed by atoms with Crippen molar-refractivity contribution in [2.75, 3.05) is 0 Å². The minimum absolute atomic E-state index is 0.169. The van der Waals surface area contributed by atoms with Crippen molar-refractivity contribution in [2.24, 2.45) is 0 Å². The van der Waals surface area contributed by atoms with Crippen LogP contribution >= 0.6 is 11.8 Å². The van der Waals surface area contributed by atoms with E-state index >= 15 is 0 Å². The second-order valence-electron chi connectivity index (χ2n) is 6.77. The van der Waals surface area contributed by atoms with Crippen LogP contribution in [0, 0.1) is 0 Å². The molecule has 144 valence electrons. The van der Waals surface area contributed by atoms with Gasteiger partial charge in [0.1, 0.15) is 0 Å². The van der Waals surface area contributed by atoms with E-state index in [1.165, 1.54) is 11.8 Å². The Morgan fingerprint density at radius 3 is 2.21 bits per heavy atom. The van der Waals surface area contributed by atoms with E-state index in [4.69, 9.17) is 0 Å². The van der Waals surface area contributed by atoms with Gasteiger partial charge in [-0.1, -0.05) is 66.4 Å². The molecule has 0 bridgehead atoms. The summed E-state index contributed by atoms with van der Waals surface area (Å²) in [5, 5.41) is 2.65. The number of rotatable bonds is 5. The Kier molecular flexibility index (Phi) is 4.58. The third kappa shape index (κ3) is 3.31. The van der Waals surface area contributed by atoms with Gasteiger partial charge in [0.05, 0.1) is 16.2 Å². The second-order valence-corrected chi connectivity index (χ2v) is 9.60. The SMILES string of the molecule is O=S(=O)(N[C@@H]1c2cccc3cccc(c23)[C@H]1Sc1ncccn1)c1ccccc1. The van der Waals surface area contributed by atoms with Gasteiger partial charge in [-0.25, -0.2) is 23.1 Å². The molecule has 4 aromatic rings. The number of sulfonamides is 1. The molecule has 5 rings (SSSR count). The van der Waals surface area contributed by atoms with Gasteiger partial charge in [-0.05, 0) is 40.1 Å². The lowest BCUT2D eigenvalue weighted by molar-refractivity contribution is 0.557. The quantitative estimate of drug-likeness (QED) is 0.482. The molecule has 0 aliphatic heterocycles. The number of hydrogen-bond acceptors (Lipinski definition) is 5. The third-order valence-electron chi connectivity index (χ3n) is 5.02. The van der Waals surface area contributed by atoms with Gasteiger partial charge < -0.3 is 0 Å². The number of nitrogens with one attached hydrogen (secondary N) is 1. The zero-order valence-electron chi connectivity index (χ0n) is 15.3. The van der Waals surface area contributed by atoms with Crippen LogP contribution in [0.4, 0.5) is 0 Å². The van der Waals surface area contributed by atoms with E-state index in [1.54, 1.807) is 48.8 Å². The Hall–Kier alpha value is -2.74. The van der Waals surface area contributed by atoms with Gasteiger partial charge in [-0.2, -0.15) is 0 Å². The molecule has 2 atom stereocenters. The molecule has 1 aliphatic carbocycles. The predicted molar refractivity (Wildman–Crippen MR) is 114 cm³/mol. The molecule has 1 aromatic heterocycles. The summed E-state index contributed by atoms with van der Waals surface area (Å²) >= 11 is 1.48. The molecule has 0 amide bonds. The molecular weight excluding hydrogens is 402 g/mol. The van der Waals surface area contributed by atoms with Crippen LogP contribution in [0.2, 0.25) is 0 Å². The Morgan fingerprint density at radius 1 is 0.793 bits per heavy atom. The van der Waals surface area contributed by atoms with Crippen LogP contribution < -0.4 is 4.72 Å². The second kappa shape index (κ2) is 7.26. The standard InChI is InChI=1S/C22H17N3O2S2/c26-29(27,16-9-2-1-3-10-16)25-20-17-11-4-7-15-8-5-12-18(19(15)17)21(20)28-22-23-13-6-14-24-22/h1-14,20-21,25H/t20-,21-/m1/s1. The van der Waals surface area contributed by atoms with Gasteiger partial charge in [0.15, 0.2) is 5.16 Å². The lowest BCUT2D eigenvalue weighted by Crippen LogP contribution is -2.30. The molecule has 0 saturated heterocycles. The highest BCUT2D eigenvalue weighted by Gasteiger charge is 2.38. The van der Waals surface area contributed by atoms with Crippen LogP contribution in [-0.2, 0) is 10.0 Å². The zero-order valence-corrected chi connectivity index (χ0v) is 16.9. The summed E-state index contributed by atoms with van der Waals surface area (Å²) in [5.41, 5.74) is 2.07. The molecule has 0 unspecified atom stereocenters. The Bertz CT molecular complexity index is 1270. The fraction of sp³-hybridized carbons (Fsp3) is 0.0909. The maximum atomic E-state index is 13.1. The van der Waals surface area contributed by atoms with Crippen molar-refractivity contribution in [3.8, 4) is 0 Å². The molecule has 0 fully saturated rings. The lowest BCUT2D eigenvalue weighted by atomic mass is 10.1. The average Bonchev–Trinajstić information content (AvgIpc) is 3.04. The number of thioether (sulfide) groups is 1. The molecule has 0 radical (unpaired) electrons. The van der Waals surface area contributed by atoms with Crippen molar-refractivity contribution < 1.29 is 8.42 Å². The first-order chi connectivity index (χ1) is 14.1. The van der Waals surface area contributed by atoms with E-state index in [0.29, 0.717) is 5.16 Å². The van der Waals surface area contributed by atoms with Gasteiger partial charge in [-0.15, -0.1) is 0 Å². The third-order valence-corrected chi connectivity index (χ3v) is 7.68. The molecule has 1 N–H and O–H groups in total. The largest absolute Gasteiger partial charge is 0.241 e. The van der Waals surface area contributed by atoms with E-state index in [2.05, 4.69) is 32.9 Å². The van der Waals surface area contributed by atoms with E-state index in [-0.39, 0.29) is 10.1 Å². The van der Waals surface area contributed by atoms with Gasteiger partial charge >= 0.3 is 0 Å². The summed E-state index contributed by atoms with van der Waals surface area (Å²) in [4.78, 5) is 8.92. The molecule has 3 aromatic carbocycles. The summed E-state index contributed by atoms with van der Waals surface area (Å²) in [7, 11) is -3.69. The van der Waals surface area contributed by atoms with Crippen LogP contribution in [0.15, 0.2) is 95.2 Å². The van der Waals surface area contributed by atoms with Crippen molar-refractivity contribution in [1.29, 1.82) is 0 Å². The highest BCUT2D eigenvalue weighted by molar-refractivity contribution is 7.99. The van der Waals surface area contributed by atoms with Crippen molar-refractivity contribution in [3.05, 3.63) is 96.3 Å². The smallest absolute Gasteiger partial charge is 0.231 e. The summed E-state index contributed by atoms with van der Waals surface area (Å²) in [6.07, 6.45) is 3.39. The summed E-state index contributed by atoms with van der Waals surface area (Å²) < 4.78 is 29.2. The molecule has 0 spiro atoms. The van der Waals surface area contributed by atoms with Gasteiger partial charge in [0, 0.05) is 12.4 Å². The number of benzene rings is 3. The first kappa shape index (κ1) is 18.3. The Balaban J connectivity index is 1.61. The molecule has 29 heavy (non-hydrogen) atoms. The first-order valence-corrected chi connectivity index (χ1v) is 11.5. The van der Waals surface area contributed by atoms with E-state index in [1.807, 2.05) is 18.2 Å². The predicted octanol–water partition coefficient (Wildman–Crippen LogP) is 4.50. The molecule has 0 saturated carbocycles. The fourth-order valence-corrected chi connectivity index (χ4v) is 6.27. The minimum atomic E-state index is -3.69.